The van der Waals surface area contributed by atoms with E-state index in [9.17, 15) is 19.8 Å². The summed E-state index contributed by atoms with van der Waals surface area (Å²) in [5.41, 5.74) is 5.80. The minimum atomic E-state index is -0.845. The highest BCUT2D eigenvalue weighted by Crippen LogP contribution is 2.39. The normalized spacial score (nSPS) is 18.5. The third kappa shape index (κ3) is 9.40. The van der Waals surface area contributed by atoms with E-state index >= 15 is 0 Å². The van der Waals surface area contributed by atoms with Crippen LogP contribution in [-0.2, 0) is 32.2 Å². The number of amides is 1. The standard InChI is InChI=1S/C33H39NO7S/c35-17-18-42-22-28-19-30(25-11-9-23(21-36)10-12-25)41-33(40-28)26-15-13-24(14-16-26)29-6-2-1-5-27(29)20-34-31(37)7-3-4-8-32(38)39/h1-2,5-6,9-16,28,30,33,35-36H,3-4,7-8,17-22H2,(H,34,37)(H,38,39)/t28-,30+,33+/m1/s1. The first kappa shape index (κ1) is 31.7. The van der Waals surface area contributed by atoms with Gasteiger partial charge in [0, 0.05) is 42.9 Å². The summed E-state index contributed by atoms with van der Waals surface area (Å²) >= 11 is 1.66. The first-order valence-electron chi connectivity index (χ1n) is 14.3. The van der Waals surface area contributed by atoms with Gasteiger partial charge in [0.15, 0.2) is 6.29 Å². The number of ether oxygens (including phenoxy) is 2. The van der Waals surface area contributed by atoms with Crippen molar-refractivity contribution in [2.75, 3.05) is 18.1 Å². The highest BCUT2D eigenvalue weighted by Gasteiger charge is 2.32. The number of carboxylic acids is 1. The minimum Gasteiger partial charge on any atom is -0.481 e. The molecule has 4 N–H and O–H groups in total. The van der Waals surface area contributed by atoms with Gasteiger partial charge in [-0.05, 0) is 40.7 Å². The van der Waals surface area contributed by atoms with Crippen LogP contribution in [0.25, 0.3) is 11.1 Å². The topological polar surface area (TPSA) is 125 Å². The Morgan fingerprint density at radius 2 is 1.60 bits per heavy atom. The molecule has 224 valence electrons. The maximum atomic E-state index is 12.3. The Balaban J connectivity index is 1.43. The van der Waals surface area contributed by atoms with Crippen LogP contribution in [0.1, 0.15) is 66.8 Å². The van der Waals surface area contributed by atoms with Crippen molar-refractivity contribution < 1.29 is 34.4 Å². The van der Waals surface area contributed by atoms with Crippen molar-refractivity contribution in [1.82, 2.24) is 5.32 Å². The average molecular weight is 594 g/mol. The van der Waals surface area contributed by atoms with Crippen molar-refractivity contribution in [3.8, 4) is 11.1 Å². The predicted octanol–water partition coefficient (Wildman–Crippen LogP) is 5.38. The monoisotopic (exact) mass is 593 g/mol. The van der Waals surface area contributed by atoms with Crippen molar-refractivity contribution in [2.45, 2.75) is 63.8 Å². The number of aliphatic hydroxyl groups excluding tert-OH is 2. The molecule has 1 aliphatic heterocycles. The van der Waals surface area contributed by atoms with E-state index in [0.29, 0.717) is 38.0 Å². The second kappa shape index (κ2) is 16.4. The number of carbonyl (C=O) groups is 2. The molecule has 42 heavy (non-hydrogen) atoms. The maximum Gasteiger partial charge on any atom is 0.303 e. The third-order valence-corrected chi connectivity index (χ3v) is 8.26. The molecule has 0 aromatic heterocycles. The molecule has 0 unspecified atom stereocenters. The Morgan fingerprint density at radius 1 is 0.881 bits per heavy atom. The summed E-state index contributed by atoms with van der Waals surface area (Å²) in [6.07, 6.45) is 1.35. The molecule has 1 heterocycles. The molecule has 0 spiro atoms. The summed E-state index contributed by atoms with van der Waals surface area (Å²) < 4.78 is 12.8. The van der Waals surface area contributed by atoms with Crippen LogP contribution in [-0.4, -0.2) is 51.4 Å². The Kier molecular flexibility index (Phi) is 12.4. The number of hydrogen-bond donors (Lipinski definition) is 4. The number of aliphatic carboxylic acids is 1. The molecule has 4 rings (SSSR count). The van der Waals surface area contributed by atoms with E-state index in [0.717, 1.165) is 39.1 Å². The smallest absolute Gasteiger partial charge is 0.303 e. The summed E-state index contributed by atoms with van der Waals surface area (Å²) in [5, 5.41) is 30.3. The van der Waals surface area contributed by atoms with E-state index < -0.39 is 12.3 Å². The number of carbonyl (C=O) groups excluding carboxylic acids is 1. The predicted molar refractivity (Wildman–Crippen MR) is 163 cm³/mol. The van der Waals surface area contributed by atoms with Crippen LogP contribution in [0.5, 0.6) is 0 Å². The molecule has 0 saturated carbocycles. The number of thioether (sulfide) groups is 1. The molecule has 3 atom stereocenters. The highest BCUT2D eigenvalue weighted by molar-refractivity contribution is 7.99. The molecule has 1 aliphatic rings. The number of benzene rings is 3. The fraction of sp³-hybridized carbons (Fsp3) is 0.394. The molecule has 0 aliphatic carbocycles. The van der Waals surface area contributed by atoms with Crippen molar-refractivity contribution in [2.24, 2.45) is 0 Å². The van der Waals surface area contributed by atoms with Gasteiger partial charge < -0.3 is 30.1 Å². The van der Waals surface area contributed by atoms with Crippen LogP contribution in [0, 0.1) is 0 Å². The fourth-order valence-corrected chi connectivity index (χ4v) is 5.70. The fourth-order valence-electron chi connectivity index (χ4n) is 4.92. The Bertz CT molecular complexity index is 1280. The van der Waals surface area contributed by atoms with Crippen molar-refractivity contribution >= 4 is 23.6 Å². The molecule has 0 bridgehead atoms. The summed E-state index contributed by atoms with van der Waals surface area (Å²) in [7, 11) is 0. The van der Waals surface area contributed by atoms with Crippen LogP contribution in [0.2, 0.25) is 0 Å². The number of nitrogens with one attached hydrogen (secondary N) is 1. The van der Waals surface area contributed by atoms with Crippen molar-refractivity contribution in [3.05, 3.63) is 95.1 Å². The number of carboxylic acid groups (broad SMARTS) is 1. The first-order valence-corrected chi connectivity index (χ1v) is 15.5. The highest BCUT2D eigenvalue weighted by atomic mass is 32.2. The lowest BCUT2D eigenvalue weighted by molar-refractivity contribution is -0.245. The maximum absolute atomic E-state index is 12.3. The van der Waals surface area contributed by atoms with E-state index in [1.54, 1.807) is 11.8 Å². The lowest BCUT2D eigenvalue weighted by Crippen LogP contribution is -2.31. The lowest BCUT2D eigenvalue weighted by atomic mass is 9.97. The summed E-state index contributed by atoms with van der Waals surface area (Å²) in [5.74, 6) is 0.467. The van der Waals surface area contributed by atoms with Crippen LogP contribution in [0.15, 0.2) is 72.8 Å². The Labute approximate surface area is 251 Å². The van der Waals surface area contributed by atoms with Gasteiger partial charge in [0.05, 0.1) is 25.4 Å². The van der Waals surface area contributed by atoms with E-state index in [1.807, 2.05) is 72.8 Å². The van der Waals surface area contributed by atoms with E-state index in [4.69, 9.17) is 14.6 Å². The quantitative estimate of drug-likeness (QED) is 0.173. The van der Waals surface area contributed by atoms with Gasteiger partial charge in [-0.15, -0.1) is 0 Å². The molecule has 8 nitrogen and oxygen atoms in total. The van der Waals surface area contributed by atoms with Crippen LogP contribution in [0.4, 0.5) is 0 Å². The zero-order valence-corrected chi connectivity index (χ0v) is 24.4. The number of rotatable bonds is 15. The van der Waals surface area contributed by atoms with Gasteiger partial charge in [-0.25, -0.2) is 0 Å². The van der Waals surface area contributed by atoms with Gasteiger partial charge in [0.25, 0.3) is 0 Å². The Hall–Kier alpha value is -3.21. The van der Waals surface area contributed by atoms with Crippen LogP contribution < -0.4 is 5.32 Å². The Morgan fingerprint density at radius 3 is 2.31 bits per heavy atom. The average Bonchev–Trinajstić information content (AvgIpc) is 3.02. The SMILES string of the molecule is O=C(O)CCCCC(=O)NCc1ccccc1-c1ccc([C@H]2O[C@@H](CSCCO)C[C@@H](c3ccc(CO)cc3)O2)cc1. The van der Waals surface area contributed by atoms with Crippen LogP contribution in [0.3, 0.4) is 0 Å². The van der Waals surface area contributed by atoms with Gasteiger partial charge in [-0.3, -0.25) is 9.59 Å². The van der Waals surface area contributed by atoms with Gasteiger partial charge in [-0.2, -0.15) is 11.8 Å². The number of unbranched alkanes of at least 4 members (excludes halogenated alkanes) is 1. The van der Waals surface area contributed by atoms with E-state index in [1.165, 1.54) is 0 Å². The number of aliphatic hydroxyl groups is 2. The third-order valence-electron chi connectivity index (χ3n) is 7.19. The summed E-state index contributed by atoms with van der Waals surface area (Å²) in [6, 6.07) is 23.8. The molecule has 1 amide bonds. The second-order valence-electron chi connectivity index (χ2n) is 10.3. The minimum absolute atomic E-state index is 0.00555. The molecule has 3 aromatic carbocycles. The zero-order valence-electron chi connectivity index (χ0n) is 23.6. The molecular formula is C33H39NO7S. The summed E-state index contributed by atoms with van der Waals surface area (Å²) in [4.78, 5) is 23.0. The van der Waals surface area contributed by atoms with Crippen molar-refractivity contribution in [3.63, 3.8) is 0 Å². The second-order valence-corrected chi connectivity index (χ2v) is 11.5. The van der Waals surface area contributed by atoms with Gasteiger partial charge in [0.2, 0.25) is 5.91 Å². The molecule has 9 heteroatoms. The van der Waals surface area contributed by atoms with Gasteiger partial charge >= 0.3 is 5.97 Å². The van der Waals surface area contributed by atoms with Crippen LogP contribution >= 0.6 is 11.8 Å². The van der Waals surface area contributed by atoms with Gasteiger partial charge in [0.1, 0.15) is 0 Å². The van der Waals surface area contributed by atoms with E-state index in [-0.39, 0.29) is 37.7 Å². The largest absolute Gasteiger partial charge is 0.481 e. The van der Waals surface area contributed by atoms with Gasteiger partial charge in [-0.1, -0.05) is 72.8 Å². The van der Waals surface area contributed by atoms with Crippen molar-refractivity contribution in [1.29, 1.82) is 0 Å². The molecular weight excluding hydrogens is 554 g/mol. The number of hydrogen-bond acceptors (Lipinski definition) is 7. The van der Waals surface area contributed by atoms with E-state index in [2.05, 4.69) is 5.32 Å². The molecule has 1 fully saturated rings. The summed E-state index contributed by atoms with van der Waals surface area (Å²) in [6.45, 7) is 0.506. The molecule has 1 saturated heterocycles. The lowest BCUT2D eigenvalue weighted by Gasteiger charge is -2.36. The zero-order chi connectivity index (χ0) is 29.7. The first-order chi connectivity index (χ1) is 20.5. The molecule has 3 aromatic rings. The molecule has 0 radical (unpaired) electrons.